The summed E-state index contributed by atoms with van der Waals surface area (Å²) in [4.78, 5) is 15.3. The lowest BCUT2D eigenvalue weighted by atomic mass is 10.1. The number of hydrogen-bond donors (Lipinski definition) is 2. The van der Waals surface area contributed by atoms with Gasteiger partial charge >= 0.3 is 0 Å². The Kier molecular flexibility index (Phi) is 6.71. The summed E-state index contributed by atoms with van der Waals surface area (Å²) >= 11 is 1.70. The van der Waals surface area contributed by atoms with E-state index in [1.54, 1.807) is 23.5 Å². The topological polar surface area (TPSA) is 92.5 Å². The Morgan fingerprint density at radius 1 is 1.24 bits per heavy atom. The van der Waals surface area contributed by atoms with Gasteiger partial charge in [0.15, 0.2) is 0 Å². The van der Waals surface area contributed by atoms with E-state index in [-0.39, 0.29) is 10.8 Å². The van der Waals surface area contributed by atoms with Crippen LogP contribution in [0.15, 0.2) is 40.6 Å². The average Bonchev–Trinajstić information content (AvgIpc) is 2.92. The molecule has 136 valence electrons. The zero-order chi connectivity index (χ0) is 18.4. The third kappa shape index (κ3) is 6.24. The molecule has 1 heterocycles. The highest BCUT2D eigenvalue weighted by Crippen LogP contribution is 2.16. The van der Waals surface area contributed by atoms with Crippen molar-refractivity contribution in [2.75, 3.05) is 20.1 Å². The fraction of sp³-hybridized carbons (Fsp3) is 0.353. The molecule has 0 atom stereocenters. The molecule has 1 amide bonds. The molecule has 0 unspecified atom stereocenters. The minimum absolute atomic E-state index is 0.0298. The van der Waals surface area contributed by atoms with Crippen LogP contribution >= 0.6 is 11.3 Å². The highest BCUT2D eigenvalue weighted by molar-refractivity contribution is 7.89. The van der Waals surface area contributed by atoms with Crippen molar-refractivity contribution >= 4 is 27.3 Å². The van der Waals surface area contributed by atoms with Gasteiger partial charge in [0.1, 0.15) is 0 Å². The van der Waals surface area contributed by atoms with E-state index in [1.165, 1.54) is 22.6 Å². The molecule has 0 aliphatic carbocycles. The lowest BCUT2D eigenvalue weighted by molar-refractivity contribution is -0.122. The Bertz CT molecular complexity index is 814. The van der Waals surface area contributed by atoms with Crippen molar-refractivity contribution in [2.24, 2.45) is 5.14 Å². The van der Waals surface area contributed by atoms with Crippen LogP contribution in [0.2, 0.25) is 0 Å². The van der Waals surface area contributed by atoms with E-state index in [1.807, 2.05) is 11.9 Å². The SMILES string of the molecule is Cc1ccsc1CN(C)CC(=O)NCCc1ccc(S(N)(=O)=O)cc1. The number of carbonyl (C=O) groups is 1. The fourth-order valence-electron chi connectivity index (χ4n) is 2.36. The van der Waals surface area contributed by atoms with Gasteiger partial charge in [-0.15, -0.1) is 11.3 Å². The number of hydrogen-bond acceptors (Lipinski definition) is 5. The number of sulfonamides is 1. The first kappa shape index (κ1) is 19.6. The summed E-state index contributed by atoms with van der Waals surface area (Å²) in [6, 6.07) is 8.44. The number of aryl methyl sites for hydroxylation is 1. The first-order chi connectivity index (χ1) is 11.8. The number of thiophene rings is 1. The number of primary sulfonamides is 1. The van der Waals surface area contributed by atoms with Gasteiger partial charge in [-0.25, -0.2) is 13.6 Å². The van der Waals surface area contributed by atoms with E-state index in [0.29, 0.717) is 19.5 Å². The van der Waals surface area contributed by atoms with Gasteiger partial charge in [-0.1, -0.05) is 12.1 Å². The molecule has 1 aromatic carbocycles. The summed E-state index contributed by atoms with van der Waals surface area (Å²) in [6.45, 7) is 3.66. The maximum Gasteiger partial charge on any atom is 0.238 e. The largest absolute Gasteiger partial charge is 0.355 e. The predicted molar refractivity (Wildman–Crippen MR) is 99.9 cm³/mol. The molecular weight excluding hydrogens is 358 g/mol. The Morgan fingerprint density at radius 2 is 1.92 bits per heavy atom. The highest BCUT2D eigenvalue weighted by atomic mass is 32.2. The van der Waals surface area contributed by atoms with Gasteiger partial charge in [0, 0.05) is 18.0 Å². The molecule has 0 fully saturated rings. The minimum atomic E-state index is -3.67. The molecule has 1 aromatic heterocycles. The summed E-state index contributed by atoms with van der Waals surface area (Å²) in [5.74, 6) is -0.0298. The standard InChI is InChI=1S/C17H23N3O3S2/c1-13-8-10-24-16(13)11-20(2)12-17(21)19-9-7-14-3-5-15(6-4-14)25(18,22)23/h3-6,8,10H,7,9,11-12H2,1-2H3,(H,19,21)(H2,18,22,23). The molecule has 0 radical (unpaired) electrons. The first-order valence-electron chi connectivity index (χ1n) is 7.85. The second-order valence-electron chi connectivity index (χ2n) is 5.99. The highest BCUT2D eigenvalue weighted by Gasteiger charge is 2.10. The number of rotatable bonds is 8. The fourth-order valence-corrected chi connectivity index (χ4v) is 3.86. The molecule has 0 saturated heterocycles. The summed E-state index contributed by atoms with van der Waals surface area (Å²) in [5, 5.41) is 10.00. The number of likely N-dealkylation sites (N-methyl/N-ethyl adjacent to an activating group) is 1. The van der Waals surface area contributed by atoms with Gasteiger partial charge in [0.2, 0.25) is 15.9 Å². The van der Waals surface area contributed by atoms with Gasteiger partial charge in [0.05, 0.1) is 11.4 Å². The number of amides is 1. The van der Waals surface area contributed by atoms with Crippen LogP contribution in [0, 0.1) is 6.92 Å². The Labute approximate surface area is 152 Å². The molecule has 0 aliphatic rings. The van der Waals surface area contributed by atoms with E-state index < -0.39 is 10.0 Å². The molecule has 25 heavy (non-hydrogen) atoms. The van der Waals surface area contributed by atoms with Crippen LogP contribution in [0.25, 0.3) is 0 Å². The normalized spacial score (nSPS) is 11.7. The van der Waals surface area contributed by atoms with E-state index in [0.717, 1.165) is 12.1 Å². The van der Waals surface area contributed by atoms with Crippen molar-refractivity contribution in [3.63, 3.8) is 0 Å². The summed E-state index contributed by atoms with van der Waals surface area (Å²) in [7, 11) is -1.74. The zero-order valence-electron chi connectivity index (χ0n) is 14.4. The van der Waals surface area contributed by atoms with Crippen LogP contribution in [0.4, 0.5) is 0 Å². The summed E-state index contributed by atoms with van der Waals surface area (Å²) in [6.07, 6.45) is 0.629. The zero-order valence-corrected chi connectivity index (χ0v) is 16.0. The van der Waals surface area contributed by atoms with Crippen molar-refractivity contribution in [1.29, 1.82) is 0 Å². The number of nitrogens with two attached hydrogens (primary N) is 1. The van der Waals surface area contributed by atoms with Crippen molar-refractivity contribution in [1.82, 2.24) is 10.2 Å². The van der Waals surface area contributed by atoms with E-state index in [2.05, 4.69) is 23.7 Å². The lowest BCUT2D eigenvalue weighted by Gasteiger charge is -2.16. The Morgan fingerprint density at radius 3 is 2.48 bits per heavy atom. The average molecular weight is 382 g/mol. The first-order valence-corrected chi connectivity index (χ1v) is 10.3. The van der Waals surface area contributed by atoms with E-state index in [9.17, 15) is 13.2 Å². The monoisotopic (exact) mass is 381 g/mol. The molecule has 0 bridgehead atoms. The van der Waals surface area contributed by atoms with Gasteiger partial charge < -0.3 is 5.32 Å². The molecule has 0 aliphatic heterocycles. The third-order valence-electron chi connectivity index (χ3n) is 3.78. The molecule has 0 saturated carbocycles. The molecule has 0 spiro atoms. The van der Waals surface area contributed by atoms with Crippen molar-refractivity contribution < 1.29 is 13.2 Å². The molecule has 8 heteroatoms. The maximum absolute atomic E-state index is 12.0. The maximum atomic E-state index is 12.0. The number of nitrogens with one attached hydrogen (secondary N) is 1. The Balaban J connectivity index is 1.74. The third-order valence-corrected chi connectivity index (χ3v) is 5.72. The van der Waals surface area contributed by atoms with E-state index in [4.69, 9.17) is 5.14 Å². The van der Waals surface area contributed by atoms with Crippen molar-refractivity contribution in [3.8, 4) is 0 Å². The van der Waals surface area contributed by atoms with Crippen LogP contribution in [0.5, 0.6) is 0 Å². The van der Waals surface area contributed by atoms with Crippen molar-refractivity contribution in [3.05, 3.63) is 51.7 Å². The predicted octanol–water partition coefficient (Wildman–Crippen LogP) is 1.49. The van der Waals surface area contributed by atoms with Crippen LogP contribution < -0.4 is 10.5 Å². The van der Waals surface area contributed by atoms with Crippen LogP contribution in [0.3, 0.4) is 0 Å². The number of benzene rings is 1. The molecule has 6 nitrogen and oxygen atoms in total. The van der Waals surface area contributed by atoms with Gasteiger partial charge in [-0.2, -0.15) is 0 Å². The van der Waals surface area contributed by atoms with Gasteiger partial charge in [0.25, 0.3) is 0 Å². The smallest absolute Gasteiger partial charge is 0.238 e. The summed E-state index contributed by atoms with van der Waals surface area (Å²) in [5.41, 5.74) is 2.19. The number of nitrogens with zero attached hydrogens (tertiary/aromatic N) is 1. The van der Waals surface area contributed by atoms with Crippen molar-refractivity contribution in [2.45, 2.75) is 24.8 Å². The molecule has 3 N–H and O–H groups in total. The van der Waals surface area contributed by atoms with Crippen LogP contribution in [-0.2, 0) is 27.8 Å². The van der Waals surface area contributed by atoms with Crippen LogP contribution in [0.1, 0.15) is 16.0 Å². The van der Waals surface area contributed by atoms with E-state index >= 15 is 0 Å². The second kappa shape index (κ2) is 8.57. The Hall–Kier alpha value is -1.74. The lowest BCUT2D eigenvalue weighted by Crippen LogP contribution is -2.35. The van der Waals surface area contributed by atoms with Crippen LogP contribution in [-0.4, -0.2) is 39.4 Å². The van der Waals surface area contributed by atoms with Gasteiger partial charge in [-0.05, 0) is 55.1 Å². The second-order valence-corrected chi connectivity index (χ2v) is 8.55. The molecule has 2 aromatic rings. The quantitative estimate of drug-likeness (QED) is 0.725. The molecule has 2 rings (SSSR count). The number of carbonyl (C=O) groups excluding carboxylic acids is 1. The molecular formula is C17H23N3O3S2. The minimum Gasteiger partial charge on any atom is -0.355 e. The van der Waals surface area contributed by atoms with Gasteiger partial charge in [-0.3, -0.25) is 9.69 Å². The summed E-state index contributed by atoms with van der Waals surface area (Å²) < 4.78 is 22.4.